The zero-order valence-electron chi connectivity index (χ0n) is 8.29. The first-order valence-corrected chi connectivity index (χ1v) is 4.46. The average Bonchev–Trinajstić information content (AvgIpc) is 2.15. The zero-order chi connectivity index (χ0) is 10.3. The first-order chi connectivity index (χ1) is 6.17. The smallest absolute Gasteiger partial charge is 0.239 e. The van der Waals surface area contributed by atoms with Gasteiger partial charge in [-0.3, -0.25) is 4.79 Å². The van der Waals surface area contributed by atoms with Crippen molar-refractivity contribution in [2.45, 2.75) is 20.3 Å². The number of nitrogens with zero attached hydrogens (tertiary/aromatic N) is 2. The van der Waals surface area contributed by atoms with Crippen LogP contribution in [0.3, 0.4) is 0 Å². The van der Waals surface area contributed by atoms with Gasteiger partial charge in [-0.25, -0.2) is 0 Å². The molecule has 0 spiro atoms. The molecule has 0 radical (unpaired) electrons. The van der Waals surface area contributed by atoms with E-state index in [1.165, 1.54) is 0 Å². The van der Waals surface area contributed by atoms with E-state index in [4.69, 9.17) is 5.26 Å². The third-order valence-corrected chi connectivity index (χ3v) is 1.72. The van der Waals surface area contributed by atoms with Crippen molar-refractivity contribution >= 4 is 5.91 Å². The van der Waals surface area contributed by atoms with Crippen LogP contribution >= 0.6 is 0 Å². The summed E-state index contributed by atoms with van der Waals surface area (Å²) in [5, 5.41) is 8.57. The number of nitriles is 1. The Hall–Kier alpha value is -1.30. The maximum atomic E-state index is 11.5. The highest BCUT2D eigenvalue weighted by Crippen LogP contribution is 2.02. The summed E-state index contributed by atoms with van der Waals surface area (Å²) in [6.07, 6.45) is 2.58. The van der Waals surface area contributed by atoms with E-state index in [0.717, 1.165) is 6.42 Å². The molecule has 0 aromatic rings. The van der Waals surface area contributed by atoms with Crippen LogP contribution in [0.2, 0.25) is 0 Å². The second-order valence-corrected chi connectivity index (χ2v) is 2.92. The Bertz CT molecular complexity index is 217. The molecule has 1 unspecified atom stereocenters. The van der Waals surface area contributed by atoms with Gasteiger partial charge in [0.25, 0.3) is 0 Å². The van der Waals surface area contributed by atoms with Crippen molar-refractivity contribution in [3.8, 4) is 6.07 Å². The zero-order valence-corrected chi connectivity index (χ0v) is 8.29. The van der Waals surface area contributed by atoms with E-state index in [9.17, 15) is 4.79 Å². The van der Waals surface area contributed by atoms with Crippen molar-refractivity contribution in [1.29, 1.82) is 5.26 Å². The number of carbonyl (C=O) groups is 1. The van der Waals surface area contributed by atoms with Gasteiger partial charge < -0.3 is 4.90 Å². The lowest BCUT2D eigenvalue weighted by molar-refractivity contribution is -0.132. The molecule has 0 aliphatic carbocycles. The van der Waals surface area contributed by atoms with E-state index in [2.05, 4.69) is 6.58 Å². The fourth-order valence-corrected chi connectivity index (χ4v) is 1.05. The molecule has 0 aliphatic rings. The van der Waals surface area contributed by atoms with Crippen LogP contribution in [0.5, 0.6) is 0 Å². The second kappa shape index (κ2) is 6.24. The van der Waals surface area contributed by atoms with Crippen molar-refractivity contribution in [3.63, 3.8) is 0 Å². The number of hydrogen-bond donors (Lipinski definition) is 0. The van der Waals surface area contributed by atoms with E-state index in [0.29, 0.717) is 13.1 Å². The monoisotopic (exact) mass is 180 g/mol. The highest BCUT2D eigenvalue weighted by atomic mass is 16.2. The molecule has 0 aromatic carbocycles. The fourth-order valence-electron chi connectivity index (χ4n) is 1.05. The first kappa shape index (κ1) is 11.7. The molecule has 13 heavy (non-hydrogen) atoms. The molecule has 3 nitrogen and oxygen atoms in total. The van der Waals surface area contributed by atoms with Crippen LogP contribution in [-0.2, 0) is 4.79 Å². The molecule has 0 saturated carbocycles. The molecule has 0 aromatic heterocycles. The standard InChI is InChI=1S/C10H16N2O/c1-4-6-12(7-5-2)10(13)9(3)8-11/h4,9H,1,5-7H2,2-3H3. The van der Waals surface area contributed by atoms with Gasteiger partial charge in [0.05, 0.1) is 6.07 Å². The quantitative estimate of drug-likeness (QED) is 0.603. The van der Waals surface area contributed by atoms with E-state index >= 15 is 0 Å². The topological polar surface area (TPSA) is 44.1 Å². The molecule has 0 bridgehead atoms. The van der Waals surface area contributed by atoms with Crippen molar-refractivity contribution < 1.29 is 4.79 Å². The summed E-state index contributed by atoms with van der Waals surface area (Å²) in [7, 11) is 0. The van der Waals surface area contributed by atoms with Crippen LogP contribution in [0.4, 0.5) is 0 Å². The Morgan fingerprint density at radius 1 is 1.77 bits per heavy atom. The maximum absolute atomic E-state index is 11.5. The normalized spacial score (nSPS) is 11.5. The fraction of sp³-hybridized carbons (Fsp3) is 0.600. The maximum Gasteiger partial charge on any atom is 0.239 e. The van der Waals surface area contributed by atoms with Crippen LogP contribution in [0, 0.1) is 17.2 Å². The molecule has 0 saturated heterocycles. The minimum absolute atomic E-state index is 0.107. The van der Waals surface area contributed by atoms with E-state index in [1.807, 2.05) is 13.0 Å². The molecule has 0 heterocycles. The lowest BCUT2D eigenvalue weighted by Gasteiger charge is -2.21. The summed E-state index contributed by atoms with van der Waals surface area (Å²) in [6.45, 7) is 8.41. The molecule has 0 rings (SSSR count). The van der Waals surface area contributed by atoms with Gasteiger partial charge in [-0.05, 0) is 13.3 Å². The molecular formula is C10H16N2O. The SMILES string of the molecule is C=CCN(CCC)C(=O)C(C)C#N. The van der Waals surface area contributed by atoms with E-state index in [-0.39, 0.29) is 5.91 Å². The van der Waals surface area contributed by atoms with Crippen LogP contribution in [-0.4, -0.2) is 23.9 Å². The highest BCUT2D eigenvalue weighted by molar-refractivity contribution is 5.80. The number of amides is 1. The van der Waals surface area contributed by atoms with Gasteiger partial charge in [0.15, 0.2) is 0 Å². The molecule has 0 aliphatic heterocycles. The molecular weight excluding hydrogens is 164 g/mol. The lowest BCUT2D eigenvalue weighted by Crippen LogP contribution is -2.35. The summed E-state index contributed by atoms with van der Waals surface area (Å²) in [5.41, 5.74) is 0. The predicted molar refractivity (Wildman–Crippen MR) is 51.8 cm³/mol. The number of hydrogen-bond acceptors (Lipinski definition) is 2. The van der Waals surface area contributed by atoms with Crippen LogP contribution < -0.4 is 0 Å². The third-order valence-electron chi connectivity index (χ3n) is 1.72. The largest absolute Gasteiger partial charge is 0.338 e. The van der Waals surface area contributed by atoms with Gasteiger partial charge in [0.1, 0.15) is 5.92 Å². The molecule has 72 valence electrons. The number of carbonyl (C=O) groups excluding carboxylic acids is 1. The predicted octanol–water partition coefficient (Wildman–Crippen LogP) is 1.57. The summed E-state index contributed by atoms with van der Waals surface area (Å²) >= 11 is 0. The van der Waals surface area contributed by atoms with Crippen molar-refractivity contribution in [1.82, 2.24) is 4.90 Å². The van der Waals surface area contributed by atoms with Gasteiger partial charge in [0, 0.05) is 13.1 Å². The van der Waals surface area contributed by atoms with Gasteiger partial charge in [-0.15, -0.1) is 6.58 Å². The minimum Gasteiger partial charge on any atom is -0.338 e. The highest BCUT2D eigenvalue weighted by Gasteiger charge is 2.17. The summed E-state index contributed by atoms with van der Waals surface area (Å²) in [5.74, 6) is -0.657. The van der Waals surface area contributed by atoms with E-state index < -0.39 is 5.92 Å². The molecule has 0 fully saturated rings. The molecule has 0 N–H and O–H groups in total. The Morgan fingerprint density at radius 3 is 2.77 bits per heavy atom. The lowest BCUT2D eigenvalue weighted by atomic mass is 10.1. The van der Waals surface area contributed by atoms with Gasteiger partial charge in [0.2, 0.25) is 5.91 Å². The summed E-state index contributed by atoms with van der Waals surface area (Å²) < 4.78 is 0. The van der Waals surface area contributed by atoms with Crippen LogP contribution in [0.1, 0.15) is 20.3 Å². The minimum atomic E-state index is -0.550. The van der Waals surface area contributed by atoms with Crippen molar-refractivity contribution in [3.05, 3.63) is 12.7 Å². The van der Waals surface area contributed by atoms with Crippen LogP contribution in [0.15, 0.2) is 12.7 Å². The second-order valence-electron chi connectivity index (χ2n) is 2.92. The molecule has 3 heteroatoms. The van der Waals surface area contributed by atoms with Gasteiger partial charge >= 0.3 is 0 Å². The van der Waals surface area contributed by atoms with Gasteiger partial charge in [-0.1, -0.05) is 13.0 Å². The average molecular weight is 180 g/mol. The van der Waals surface area contributed by atoms with Crippen molar-refractivity contribution in [2.75, 3.05) is 13.1 Å². The Balaban J connectivity index is 4.27. The molecule has 1 atom stereocenters. The van der Waals surface area contributed by atoms with E-state index in [1.54, 1.807) is 17.9 Å². The summed E-state index contributed by atoms with van der Waals surface area (Å²) in [6, 6.07) is 1.94. The van der Waals surface area contributed by atoms with Crippen molar-refractivity contribution in [2.24, 2.45) is 5.92 Å². The Kier molecular flexibility index (Phi) is 5.62. The number of rotatable bonds is 5. The Labute approximate surface area is 79.6 Å². The summed E-state index contributed by atoms with van der Waals surface area (Å²) in [4.78, 5) is 13.2. The third kappa shape index (κ3) is 3.75. The Morgan fingerprint density at radius 2 is 2.38 bits per heavy atom. The van der Waals surface area contributed by atoms with Crippen LogP contribution in [0.25, 0.3) is 0 Å². The van der Waals surface area contributed by atoms with Gasteiger partial charge in [-0.2, -0.15) is 5.26 Å². The molecule has 1 amide bonds. The first-order valence-electron chi connectivity index (χ1n) is 4.46.